The molecule has 0 fully saturated rings. The summed E-state index contributed by atoms with van der Waals surface area (Å²) in [5.41, 5.74) is 3.91. The van der Waals surface area contributed by atoms with Crippen LogP contribution in [0.25, 0.3) is 5.69 Å². The first-order valence-corrected chi connectivity index (χ1v) is 8.56. The van der Waals surface area contributed by atoms with E-state index in [0.29, 0.717) is 16.3 Å². The minimum atomic E-state index is 0.479. The van der Waals surface area contributed by atoms with Crippen molar-refractivity contribution in [2.75, 3.05) is 0 Å². The summed E-state index contributed by atoms with van der Waals surface area (Å²) >= 11 is 11.9. The largest absolute Gasteiger partial charge is 0.276 e. The third-order valence-corrected chi connectivity index (χ3v) is 4.71. The molecule has 1 aliphatic rings. The topological polar surface area (TPSA) is 35.1 Å². The normalized spacial score (nSPS) is 13.0. The van der Waals surface area contributed by atoms with Crippen LogP contribution in [0.1, 0.15) is 23.9 Å². The SMILES string of the molecule is CCn1nc2n(c1=S)-c1ccc(Cl)cc1C(c1ccccc1)=NC2. The van der Waals surface area contributed by atoms with Gasteiger partial charge in [0, 0.05) is 22.7 Å². The second-order valence-electron chi connectivity index (χ2n) is 5.54. The highest BCUT2D eigenvalue weighted by atomic mass is 35.5. The van der Waals surface area contributed by atoms with E-state index in [1.807, 2.05) is 52.6 Å². The molecule has 0 atom stereocenters. The lowest BCUT2D eigenvalue weighted by molar-refractivity contribution is 0.638. The lowest BCUT2D eigenvalue weighted by atomic mass is 10.0. The van der Waals surface area contributed by atoms with Gasteiger partial charge in [-0.15, -0.1) is 0 Å². The van der Waals surface area contributed by atoms with Crippen molar-refractivity contribution in [3.05, 3.63) is 75.3 Å². The number of aliphatic imine (C=N–C) groups is 1. The number of benzene rings is 2. The molecule has 6 heteroatoms. The first kappa shape index (κ1) is 15.3. The fourth-order valence-corrected chi connectivity index (χ4v) is 3.52. The predicted molar refractivity (Wildman–Crippen MR) is 98.9 cm³/mol. The van der Waals surface area contributed by atoms with Crippen LogP contribution in [0.5, 0.6) is 0 Å². The number of nitrogens with zero attached hydrogens (tertiary/aromatic N) is 4. The molecule has 120 valence electrons. The molecule has 3 aromatic rings. The second-order valence-corrected chi connectivity index (χ2v) is 6.34. The van der Waals surface area contributed by atoms with Gasteiger partial charge in [0.2, 0.25) is 4.77 Å². The number of aryl methyl sites for hydroxylation is 1. The summed E-state index contributed by atoms with van der Waals surface area (Å²) in [6.45, 7) is 3.24. The molecule has 0 saturated heterocycles. The highest BCUT2D eigenvalue weighted by Crippen LogP contribution is 2.27. The Morgan fingerprint density at radius 2 is 1.96 bits per heavy atom. The van der Waals surface area contributed by atoms with Gasteiger partial charge in [0.05, 0.1) is 11.4 Å². The Balaban J connectivity index is 2.02. The summed E-state index contributed by atoms with van der Waals surface area (Å²) in [6.07, 6.45) is 0. The summed E-state index contributed by atoms with van der Waals surface area (Å²) in [5, 5.41) is 5.29. The maximum Gasteiger partial charge on any atom is 0.202 e. The highest BCUT2D eigenvalue weighted by molar-refractivity contribution is 7.71. The van der Waals surface area contributed by atoms with Gasteiger partial charge in [-0.3, -0.25) is 9.56 Å². The van der Waals surface area contributed by atoms with Crippen LogP contribution in [0.2, 0.25) is 5.02 Å². The predicted octanol–water partition coefficient (Wildman–Crippen LogP) is 4.43. The first-order valence-electron chi connectivity index (χ1n) is 7.78. The molecule has 0 aliphatic carbocycles. The van der Waals surface area contributed by atoms with Crippen molar-refractivity contribution in [2.24, 2.45) is 4.99 Å². The molecule has 4 rings (SSSR count). The number of hydrogen-bond donors (Lipinski definition) is 0. The molecule has 1 aromatic heterocycles. The van der Waals surface area contributed by atoms with Crippen LogP contribution in [-0.2, 0) is 13.1 Å². The van der Waals surface area contributed by atoms with E-state index in [1.165, 1.54) is 0 Å². The Morgan fingerprint density at radius 3 is 2.71 bits per heavy atom. The molecule has 0 spiro atoms. The van der Waals surface area contributed by atoms with Gasteiger partial charge in [-0.05, 0) is 37.3 Å². The van der Waals surface area contributed by atoms with E-state index in [1.54, 1.807) is 0 Å². The van der Waals surface area contributed by atoms with Gasteiger partial charge in [0.25, 0.3) is 0 Å². The van der Waals surface area contributed by atoms with E-state index in [-0.39, 0.29) is 0 Å². The van der Waals surface area contributed by atoms with Gasteiger partial charge in [0.1, 0.15) is 6.54 Å². The Hall–Kier alpha value is -2.24. The molecule has 0 unspecified atom stereocenters. The van der Waals surface area contributed by atoms with Gasteiger partial charge >= 0.3 is 0 Å². The molecule has 0 radical (unpaired) electrons. The van der Waals surface area contributed by atoms with Crippen molar-refractivity contribution in [1.29, 1.82) is 0 Å². The molecular formula is C18H15ClN4S. The lowest BCUT2D eigenvalue weighted by Crippen LogP contribution is -2.08. The van der Waals surface area contributed by atoms with Crippen LogP contribution >= 0.6 is 23.8 Å². The number of halogens is 1. The van der Waals surface area contributed by atoms with E-state index >= 15 is 0 Å². The standard InChI is InChI=1S/C18H15ClN4S/c1-2-22-18(24)23-15-9-8-13(19)10-14(15)17(20-11-16(23)21-22)12-6-4-3-5-7-12/h3-10H,2,11H2,1H3. The average Bonchev–Trinajstić information content (AvgIpc) is 2.83. The zero-order valence-corrected chi connectivity index (χ0v) is 14.7. The zero-order valence-electron chi connectivity index (χ0n) is 13.1. The van der Waals surface area contributed by atoms with Crippen molar-refractivity contribution in [3.8, 4) is 5.69 Å². The molecule has 24 heavy (non-hydrogen) atoms. The van der Waals surface area contributed by atoms with Crippen molar-refractivity contribution >= 4 is 29.5 Å². The van der Waals surface area contributed by atoms with E-state index in [4.69, 9.17) is 28.8 Å². The summed E-state index contributed by atoms with van der Waals surface area (Å²) < 4.78 is 4.51. The summed E-state index contributed by atoms with van der Waals surface area (Å²) in [7, 11) is 0. The van der Waals surface area contributed by atoms with Crippen molar-refractivity contribution in [2.45, 2.75) is 20.0 Å². The third-order valence-electron chi connectivity index (χ3n) is 4.09. The van der Waals surface area contributed by atoms with Gasteiger partial charge in [-0.25, -0.2) is 4.68 Å². The van der Waals surface area contributed by atoms with E-state index in [9.17, 15) is 0 Å². The second kappa shape index (κ2) is 6.00. The van der Waals surface area contributed by atoms with Gasteiger partial charge < -0.3 is 0 Å². The van der Waals surface area contributed by atoms with Gasteiger partial charge in [0.15, 0.2) is 5.82 Å². The molecule has 0 bridgehead atoms. The van der Waals surface area contributed by atoms with Crippen molar-refractivity contribution < 1.29 is 0 Å². The number of fused-ring (bicyclic) bond motifs is 3. The van der Waals surface area contributed by atoms with Crippen LogP contribution in [0, 0.1) is 4.77 Å². The molecule has 2 aromatic carbocycles. The van der Waals surface area contributed by atoms with Crippen molar-refractivity contribution in [1.82, 2.24) is 14.3 Å². The molecule has 0 N–H and O–H groups in total. The molecule has 0 saturated carbocycles. The maximum atomic E-state index is 6.27. The molecular weight excluding hydrogens is 340 g/mol. The minimum Gasteiger partial charge on any atom is -0.276 e. The number of aromatic nitrogens is 3. The quantitative estimate of drug-likeness (QED) is 0.638. The average molecular weight is 355 g/mol. The van der Waals surface area contributed by atoms with E-state index in [2.05, 4.69) is 17.2 Å². The summed E-state index contributed by atoms with van der Waals surface area (Å²) in [5.74, 6) is 0.844. The Morgan fingerprint density at radius 1 is 1.17 bits per heavy atom. The Bertz CT molecular complexity index is 1000. The molecule has 2 heterocycles. The molecule has 0 amide bonds. The fourth-order valence-electron chi connectivity index (χ4n) is 2.97. The van der Waals surface area contributed by atoms with E-state index in [0.717, 1.165) is 34.9 Å². The lowest BCUT2D eigenvalue weighted by Gasteiger charge is -2.12. The van der Waals surface area contributed by atoms with Crippen LogP contribution in [0.3, 0.4) is 0 Å². The van der Waals surface area contributed by atoms with Crippen molar-refractivity contribution in [3.63, 3.8) is 0 Å². The molecule has 4 nitrogen and oxygen atoms in total. The van der Waals surface area contributed by atoms with E-state index < -0.39 is 0 Å². The zero-order chi connectivity index (χ0) is 16.7. The maximum absolute atomic E-state index is 6.27. The van der Waals surface area contributed by atoms with Gasteiger partial charge in [-0.2, -0.15) is 5.10 Å². The number of hydrogen-bond acceptors (Lipinski definition) is 3. The van der Waals surface area contributed by atoms with Crippen LogP contribution < -0.4 is 0 Å². The van der Waals surface area contributed by atoms with Gasteiger partial charge in [-0.1, -0.05) is 41.9 Å². The third kappa shape index (κ3) is 2.41. The minimum absolute atomic E-state index is 0.479. The number of rotatable bonds is 2. The fraction of sp³-hybridized carbons (Fsp3) is 0.167. The Labute approximate surface area is 150 Å². The highest BCUT2D eigenvalue weighted by Gasteiger charge is 2.22. The monoisotopic (exact) mass is 354 g/mol. The smallest absolute Gasteiger partial charge is 0.202 e. The summed E-state index contributed by atoms with van der Waals surface area (Å²) in [4.78, 5) is 4.82. The Kier molecular flexibility index (Phi) is 3.82. The van der Waals surface area contributed by atoms with Crippen LogP contribution in [-0.4, -0.2) is 20.1 Å². The molecule has 1 aliphatic heterocycles. The van der Waals surface area contributed by atoms with Crippen LogP contribution in [0.4, 0.5) is 0 Å². The summed E-state index contributed by atoms with van der Waals surface area (Å²) in [6, 6.07) is 15.9. The van der Waals surface area contributed by atoms with Crippen LogP contribution in [0.15, 0.2) is 53.5 Å². The first-order chi connectivity index (χ1) is 11.7.